The topological polar surface area (TPSA) is 53.6 Å². The zero-order chi connectivity index (χ0) is 13.9. The molecule has 0 aliphatic carbocycles. The Balaban J connectivity index is 2.04. The molecule has 1 aromatic carbocycles. The summed E-state index contributed by atoms with van der Waals surface area (Å²) in [6.45, 7) is 2.18. The normalized spacial score (nSPS) is 12.5. The average molecular weight is 266 g/mol. The number of pyridine rings is 1. The number of nitrogens with zero attached hydrogens (tertiary/aromatic N) is 2. The molecule has 4 nitrogen and oxygen atoms in total. The van der Waals surface area contributed by atoms with Crippen LogP contribution >= 0.6 is 0 Å². The summed E-state index contributed by atoms with van der Waals surface area (Å²) in [6.07, 6.45) is 1.00. The molecule has 0 bridgehead atoms. The monoisotopic (exact) mass is 266 g/mol. The van der Waals surface area contributed by atoms with E-state index in [1.165, 1.54) is 5.56 Å². The molecule has 0 radical (unpaired) electrons. The number of aromatic amines is 1. The number of rotatable bonds is 4. The van der Waals surface area contributed by atoms with Crippen molar-refractivity contribution >= 4 is 17.0 Å². The quantitative estimate of drug-likeness (QED) is 0.759. The number of anilines is 1. The SMILES string of the molecule is CCC(c1ccccc1)c1nc2nc(NC)ccc2[nH]1. The van der Waals surface area contributed by atoms with Crippen molar-refractivity contribution in [3.63, 3.8) is 0 Å². The minimum Gasteiger partial charge on any atom is -0.373 e. The van der Waals surface area contributed by atoms with E-state index < -0.39 is 0 Å². The number of nitrogens with one attached hydrogen (secondary N) is 2. The van der Waals surface area contributed by atoms with Gasteiger partial charge in [0.05, 0.1) is 5.52 Å². The van der Waals surface area contributed by atoms with E-state index in [2.05, 4.69) is 51.5 Å². The molecule has 0 saturated carbocycles. The van der Waals surface area contributed by atoms with Crippen molar-refractivity contribution in [2.45, 2.75) is 19.3 Å². The van der Waals surface area contributed by atoms with E-state index in [1.807, 2.05) is 25.2 Å². The van der Waals surface area contributed by atoms with E-state index >= 15 is 0 Å². The van der Waals surface area contributed by atoms with Crippen LogP contribution < -0.4 is 5.32 Å². The highest BCUT2D eigenvalue weighted by Crippen LogP contribution is 2.27. The Bertz CT molecular complexity index is 703. The Morgan fingerprint density at radius 1 is 1.10 bits per heavy atom. The second kappa shape index (κ2) is 5.33. The first-order valence-corrected chi connectivity index (χ1v) is 6.91. The lowest BCUT2D eigenvalue weighted by atomic mass is 9.96. The van der Waals surface area contributed by atoms with Crippen molar-refractivity contribution < 1.29 is 0 Å². The molecule has 1 atom stereocenters. The molecule has 0 aliphatic heterocycles. The Morgan fingerprint density at radius 2 is 1.90 bits per heavy atom. The van der Waals surface area contributed by atoms with Crippen LogP contribution in [-0.2, 0) is 0 Å². The number of imidazole rings is 1. The van der Waals surface area contributed by atoms with Crippen LogP contribution in [0, 0.1) is 0 Å². The first-order valence-electron chi connectivity index (χ1n) is 6.91. The minimum atomic E-state index is 0.281. The van der Waals surface area contributed by atoms with Crippen molar-refractivity contribution in [1.82, 2.24) is 15.0 Å². The van der Waals surface area contributed by atoms with Gasteiger partial charge in [-0.1, -0.05) is 37.3 Å². The fourth-order valence-corrected chi connectivity index (χ4v) is 2.49. The van der Waals surface area contributed by atoms with E-state index in [-0.39, 0.29) is 5.92 Å². The molecule has 2 N–H and O–H groups in total. The molecule has 1 unspecified atom stereocenters. The van der Waals surface area contributed by atoms with Gasteiger partial charge in [0.25, 0.3) is 0 Å². The maximum Gasteiger partial charge on any atom is 0.179 e. The summed E-state index contributed by atoms with van der Waals surface area (Å²) in [5, 5.41) is 3.04. The number of hydrogen-bond acceptors (Lipinski definition) is 3. The average Bonchev–Trinajstić information content (AvgIpc) is 2.91. The summed E-state index contributed by atoms with van der Waals surface area (Å²) in [5.41, 5.74) is 3.03. The van der Waals surface area contributed by atoms with Gasteiger partial charge in [0.15, 0.2) is 5.65 Å². The van der Waals surface area contributed by atoms with E-state index in [0.29, 0.717) is 0 Å². The lowest BCUT2D eigenvalue weighted by molar-refractivity contribution is 0.732. The zero-order valence-corrected chi connectivity index (χ0v) is 11.7. The van der Waals surface area contributed by atoms with Crippen molar-refractivity contribution in [2.75, 3.05) is 12.4 Å². The van der Waals surface area contributed by atoms with Gasteiger partial charge in [0.1, 0.15) is 11.6 Å². The van der Waals surface area contributed by atoms with Gasteiger partial charge in [-0.05, 0) is 24.1 Å². The van der Waals surface area contributed by atoms with Gasteiger partial charge in [-0.2, -0.15) is 0 Å². The fraction of sp³-hybridized carbons (Fsp3) is 0.250. The van der Waals surface area contributed by atoms with Crippen molar-refractivity contribution in [1.29, 1.82) is 0 Å². The summed E-state index contributed by atoms with van der Waals surface area (Å²) in [4.78, 5) is 12.5. The molecule has 20 heavy (non-hydrogen) atoms. The van der Waals surface area contributed by atoms with Crippen LogP contribution in [-0.4, -0.2) is 22.0 Å². The molecule has 102 valence electrons. The van der Waals surface area contributed by atoms with E-state index in [1.54, 1.807) is 0 Å². The van der Waals surface area contributed by atoms with Crippen LogP contribution in [0.15, 0.2) is 42.5 Å². The molecule has 0 saturated heterocycles. The van der Waals surface area contributed by atoms with Crippen molar-refractivity contribution in [3.05, 3.63) is 53.9 Å². The number of benzene rings is 1. The molecule has 2 aromatic heterocycles. The molecule has 3 aromatic rings. The maximum atomic E-state index is 4.66. The number of fused-ring (bicyclic) bond motifs is 1. The number of H-pyrrole nitrogens is 1. The molecular formula is C16H18N4. The molecule has 0 fully saturated rings. The number of hydrogen-bond donors (Lipinski definition) is 2. The van der Waals surface area contributed by atoms with Crippen LogP contribution in [0.4, 0.5) is 5.82 Å². The van der Waals surface area contributed by atoms with Gasteiger partial charge < -0.3 is 10.3 Å². The molecular weight excluding hydrogens is 248 g/mol. The molecule has 0 spiro atoms. The van der Waals surface area contributed by atoms with Crippen molar-refractivity contribution in [3.8, 4) is 0 Å². The summed E-state index contributed by atoms with van der Waals surface area (Å²) in [6, 6.07) is 14.4. The third kappa shape index (κ3) is 2.25. The van der Waals surface area contributed by atoms with Gasteiger partial charge in [0.2, 0.25) is 0 Å². The third-order valence-corrected chi connectivity index (χ3v) is 3.56. The smallest absolute Gasteiger partial charge is 0.179 e. The third-order valence-electron chi connectivity index (χ3n) is 3.56. The van der Waals surface area contributed by atoms with Crippen molar-refractivity contribution in [2.24, 2.45) is 0 Å². The molecule has 2 heterocycles. The lowest BCUT2D eigenvalue weighted by Gasteiger charge is -2.11. The van der Waals surface area contributed by atoms with Crippen LogP contribution in [0.25, 0.3) is 11.2 Å². The highest BCUT2D eigenvalue weighted by Gasteiger charge is 2.16. The largest absolute Gasteiger partial charge is 0.373 e. The Kier molecular flexibility index (Phi) is 3.37. The first-order chi connectivity index (χ1) is 9.81. The Morgan fingerprint density at radius 3 is 2.60 bits per heavy atom. The fourth-order valence-electron chi connectivity index (χ4n) is 2.49. The van der Waals surface area contributed by atoms with E-state index in [0.717, 1.165) is 29.2 Å². The molecule has 4 heteroatoms. The highest BCUT2D eigenvalue weighted by molar-refractivity contribution is 5.73. The van der Waals surface area contributed by atoms with Crippen LogP contribution in [0.5, 0.6) is 0 Å². The lowest BCUT2D eigenvalue weighted by Crippen LogP contribution is -2.01. The van der Waals surface area contributed by atoms with Gasteiger partial charge >= 0.3 is 0 Å². The predicted octanol–water partition coefficient (Wildman–Crippen LogP) is 3.54. The predicted molar refractivity (Wildman–Crippen MR) is 82.0 cm³/mol. The Labute approximate surface area is 118 Å². The highest BCUT2D eigenvalue weighted by atomic mass is 15.0. The second-order valence-corrected chi connectivity index (χ2v) is 4.81. The standard InChI is InChI=1S/C16H18N4/c1-3-12(11-7-5-4-6-8-11)15-18-13-9-10-14(17-2)19-16(13)20-15/h4-10,12H,3H2,1-2H3,(H2,17,18,19,20). The molecule has 0 amide bonds. The van der Waals surface area contributed by atoms with E-state index in [9.17, 15) is 0 Å². The molecule has 3 rings (SSSR count). The zero-order valence-electron chi connectivity index (χ0n) is 11.7. The Hall–Kier alpha value is -2.36. The van der Waals surface area contributed by atoms with Crippen LogP contribution in [0.3, 0.4) is 0 Å². The first kappa shape index (κ1) is 12.7. The van der Waals surface area contributed by atoms with E-state index in [4.69, 9.17) is 0 Å². The van der Waals surface area contributed by atoms with Crippen LogP contribution in [0.1, 0.15) is 30.7 Å². The van der Waals surface area contributed by atoms with Gasteiger partial charge in [-0.3, -0.25) is 0 Å². The van der Waals surface area contributed by atoms with Gasteiger partial charge in [-0.15, -0.1) is 0 Å². The van der Waals surface area contributed by atoms with Crippen LogP contribution in [0.2, 0.25) is 0 Å². The van der Waals surface area contributed by atoms with Gasteiger partial charge in [0, 0.05) is 13.0 Å². The summed E-state index contributed by atoms with van der Waals surface area (Å²) in [5.74, 6) is 2.10. The summed E-state index contributed by atoms with van der Waals surface area (Å²) in [7, 11) is 1.86. The second-order valence-electron chi connectivity index (χ2n) is 4.81. The minimum absolute atomic E-state index is 0.281. The van der Waals surface area contributed by atoms with Gasteiger partial charge in [-0.25, -0.2) is 9.97 Å². The molecule has 0 aliphatic rings. The number of aromatic nitrogens is 3. The summed E-state index contributed by atoms with van der Waals surface area (Å²) < 4.78 is 0. The summed E-state index contributed by atoms with van der Waals surface area (Å²) >= 11 is 0. The maximum absolute atomic E-state index is 4.66.